The lowest BCUT2D eigenvalue weighted by Gasteiger charge is -2.10. The normalized spacial score (nSPS) is 11.7. The standard InChI is InChI=1S/C12H14N2O3S/c1-10-4-2-3-5-11(10)14-7-6-13-12(14)18(16,17)9-8-15/h2-7,15H,8-9H2,1H3. The van der Waals surface area contributed by atoms with Crippen molar-refractivity contribution < 1.29 is 13.5 Å². The first kappa shape index (κ1) is 12.8. The van der Waals surface area contributed by atoms with Crippen LogP contribution < -0.4 is 0 Å². The van der Waals surface area contributed by atoms with Crippen molar-refractivity contribution in [3.63, 3.8) is 0 Å². The second-order valence-corrected chi connectivity index (χ2v) is 5.91. The molecule has 0 unspecified atom stereocenters. The Bertz CT molecular complexity index is 647. The second kappa shape index (κ2) is 4.91. The SMILES string of the molecule is Cc1ccccc1-n1ccnc1S(=O)(=O)CCO. The zero-order valence-electron chi connectivity index (χ0n) is 9.94. The van der Waals surface area contributed by atoms with Crippen LogP contribution in [0.1, 0.15) is 5.56 Å². The van der Waals surface area contributed by atoms with Gasteiger partial charge in [0.05, 0.1) is 18.0 Å². The minimum Gasteiger partial charge on any atom is -0.395 e. The molecule has 0 aliphatic carbocycles. The van der Waals surface area contributed by atoms with Gasteiger partial charge in [0.25, 0.3) is 0 Å². The second-order valence-electron chi connectivity index (χ2n) is 3.91. The van der Waals surface area contributed by atoms with Gasteiger partial charge >= 0.3 is 0 Å². The summed E-state index contributed by atoms with van der Waals surface area (Å²) >= 11 is 0. The summed E-state index contributed by atoms with van der Waals surface area (Å²) in [5, 5.41) is 8.76. The number of sulfone groups is 1. The topological polar surface area (TPSA) is 72.2 Å². The molecular formula is C12H14N2O3S. The summed E-state index contributed by atoms with van der Waals surface area (Å²) in [5.74, 6) is -0.324. The molecule has 96 valence electrons. The van der Waals surface area contributed by atoms with E-state index in [2.05, 4.69) is 4.98 Å². The Hall–Kier alpha value is -1.66. The Kier molecular flexibility index (Phi) is 3.49. The van der Waals surface area contributed by atoms with E-state index in [0.717, 1.165) is 11.3 Å². The van der Waals surface area contributed by atoms with Gasteiger partial charge in [-0.15, -0.1) is 0 Å². The van der Waals surface area contributed by atoms with Gasteiger partial charge in [-0.2, -0.15) is 0 Å². The quantitative estimate of drug-likeness (QED) is 0.894. The fraction of sp³-hybridized carbons (Fsp3) is 0.250. The third-order valence-electron chi connectivity index (χ3n) is 2.62. The number of aliphatic hydroxyl groups is 1. The van der Waals surface area contributed by atoms with Crippen molar-refractivity contribution in [2.45, 2.75) is 12.1 Å². The average Bonchev–Trinajstić information content (AvgIpc) is 2.79. The molecule has 2 aromatic rings. The summed E-state index contributed by atoms with van der Waals surface area (Å²) < 4.78 is 25.4. The van der Waals surface area contributed by atoms with Crippen LogP contribution in [0.5, 0.6) is 0 Å². The van der Waals surface area contributed by atoms with E-state index in [0.29, 0.717) is 0 Å². The lowest BCUT2D eigenvalue weighted by Crippen LogP contribution is -2.15. The molecule has 0 spiro atoms. The molecule has 0 saturated heterocycles. The molecule has 1 aromatic carbocycles. The highest BCUT2D eigenvalue weighted by atomic mass is 32.2. The zero-order valence-corrected chi connectivity index (χ0v) is 10.8. The maximum Gasteiger partial charge on any atom is 0.232 e. The molecule has 0 fully saturated rings. The number of hydrogen-bond acceptors (Lipinski definition) is 4. The number of hydrogen-bond donors (Lipinski definition) is 1. The number of aryl methyl sites for hydroxylation is 1. The lowest BCUT2D eigenvalue weighted by molar-refractivity contribution is 0.319. The summed E-state index contributed by atoms with van der Waals surface area (Å²) in [4.78, 5) is 3.89. The molecular weight excluding hydrogens is 252 g/mol. The van der Waals surface area contributed by atoms with Gasteiger partial charge in [-0.1, -0.05) is 18.2 Å². The molecule has 0 saturated carbocycles. The van der Waals surface area contributed by atoms with Crippen LogP contribution in [0.4, 0.5) is 0 Å². The molecule has 0 radical (unpaired) electrons. The number of rotatable bonds is 4. The minimum absolute atomic E-state index is 0.0362. The molecule has 0 bridgehead atoms. The summed E-state index contributed by atoms with van der Waals surface area (Å²) in [6.07, 6.45) is 3.04. The van der Waals surface area contributed by atoms with E-state index >= 15 is 0 Å². The van der Waals surface area contributed by atoms with Gasteiger partial charge in [-0.05, 0) is 18.6 Å². The Labute approximate surface area is 106 Å². The van der Waals surface area contributed by atoms with Gasteiger partial charge in [0.15, 0.2) is 0 Å². The van der Waals surface area contributed by atoms with Crippen LogP contribution in [0.2, 0.25) is 0 Å². The van der Waals surface area contributed by atoms with Crippen LogP contribution in [0.25, 0.3) is 5.69 Å². The van der Waals surface area contributed by atoms with E-state index in [1.165, 1.54) is 10.8 Å². The first-order valence-corrected chi connectivity index (χ1v) is 7.14. The van der Waals surface area contributed by atoms with Crippen molar-refractivity contribution >= 4 is 9.84 Å². The van der Waals surface area contributed by atoms with E-state index in [4.69, 9.17) is 5.11 Å². The fourth-order valence-corrected chi connectivity index (χ4v) is 2.85. The molecule has 5 nitrogen and oxygen atoms in total. The number of aliphatic hydroxyl groups excluding tert-OH is 1. The van der Waals surface area contributed by atoms with Crippen LogP contribution in [0.15, 0.2) is 41.8 Å². The number of aromatic nitrogens is 2. The first-order valence-electron chi connectivity index (χ1n) is 5.49. The van der Waals surface area contributed by atoms with E-state index in [1.54, 1.807) is 6.20 Å². The average molecular weight is 266 g/mol. The summed E-state index contributed by atoms with van der Waals surface area (Å²) in [6, 6.07) is 7.45. The molecule has 6 heteroatoms. The summed E-state index contributed by atoms with van der Waals surface area (Å²) in [5.41, 5.74) is 1.72. The van der Waals surface area contributed by atoms with E-state index in [1.807, 2.05) is 31.2 Å². The lowest BCUT2D eigenvalue weighted by atomic mass is 10.2. The van der Waals surface area contributed by atoms with Crippen molar-refractivity contribution in [3.8, 4) is 5.69 Å². The molecule has 0 amide bonds. The Morgan fingerprint density at radius 2 is 2.06 bits per heavy atom. The van der Waals surface area contributed by atoms with Crippen LogP contribution >= 0.6 is 0 Å². The molecule has 0 aliphatic heterocycles. The Morgan fingerprint density at radius 1 is 1.33 bits per heavy atom. The summed E-state index contributed by atoms with van der Waals surface area (Å²) in [7, 11) is -3.56. The number of imidazole rings is 1. The van der Waals surface area contributed by atoms with Gasteiger partial charge in [0.2, 0.25) is 15.0 Å². The van der Waals surface area contributed by atoms with E-state index < -0.39 is 16.4 Å². The largest absolute Gasteiger partial charge is 0.395 e. The maximum atomic E-state index is 12.0. The molecule has 1 N–H and O–H groups in total. The van der Waals surface area contributed by atoms with Crippen molar-refractivity contribution in [1.29, 1.82) is 0 Å². The van der Waals surface area contributed by atoms with Crippen molar-refractivity contribution in [1.82, 2.24) is 9.55 Å². The third-order valence-corrected chi connectivity index (χ3v) is 4.20. The molecule has 2 rings (SSSR count). The van der Waals surface area contributed by atoms with Gasteiger partial charge < -0.3 is 5.11 Å². The zero-order chi connectivity index (χ0) is 13.2. The van der Waals surface area contributed by atoms with Crippen LogP contribution in [0, 0.1) is 6.92 Å². The van der Waals surface area contributed by atoms with E-state index in [-0.39, 0.29) is 10.9 Å². The molecule has 0 aliphatic rings. The summed E-state index contributed by atoms with van der Waals surface area (Å²) in [6.45, 7) is 1.49. The Morgan fingerprint density at radius 3 is 2.72 bits per heavy atom. The van der Waals surface area contributed by atoms with Crippen molar-refractivity contribution in [2.24, 2.45) is 0 Å². The molecule has 1 aromatic heterocycles. The minimum atomic E-state index is -3.56. The number of nitrogens with zero attached hydrogens (tertiary/aromatic N) is 2. The maximum absolute atomic E-state index is 12.0. The van der Waals surface area contributed by atoms with Crippen molar-refractivity contribution in [2.75, 3.05) is 12.4 Å². The Balaban J connectivity index is 2.56. The van der Waals surface area contributed by atoms with Gasteiger partial charge in [-0.3, -0.25) is 4.57 Å². The fourth-order valence-electron chi connectivity index (χ4n) is 1.75. The third kappa shape index (κ3) is 2.30. The monoisotopic (exact) mass is 266 g/mol. The highest BCUT2D eigenvalue weighted by Gasteiger charge is 2.21. The number of benzene rings is 1. The smallest absolute Gasteiger partial charge is 0.232 e. The highest BCUT2D eigenvalue weighted by molar-refractivity contribution is 7.91. The van der Waals surface area contributed by atoms with Gasteiger partial charge in [0.1, 0.15) is 0 Å². The van der Waals surface area contributed by atoms with Gasteiger partial charge in [0, 0.05) is 12.4 Å². The van der Waals surface area contributed by atoms with Crippen LogP contribution in [-0.2, 0) is 9.84 Å². The number of para-hydroxylation sites is 1. The predicted molar refractivity (Wildman–Crippen MR) is 67.4 cm³/mol. The van der Waals surface area contributed by atoms with E-state index in [9.17, 15) is 8.42 Å². The van der Waals surface area contributed by atoms with Crippen LogP contribution in [0.3, 0.4) is 0 Å². The molecule has 0 atom stereocenters. The predicted octanol–water partition coefficient (Wildman–Crippen LogP) is 0.947. The first-order chi connectivity index (χ1) is 8.56. The van der Waals surface area contributed by atoms with Crippen LogP contribution in [-0.4, -0.2) is 35.4 Å². The van der Waals surface area contributed by atoms with Gasteiger partial charge in [-0.25, -0.2) is 13.4 Å². The molecule has 1 heterocycles. The molecule has 18 heavy (non-hydrogen) atoms. The highest BCUT2D eigenvalue weighted by Crippen LogP contribution is 2.18. The van der Waals surface area contributed by atoms with Crippen molar-refractivity contribution in [3.05, 3.63) is 42.2 Å².